The predicted molar refractivity (Wildman–Crippen MR) is 110 cm³/mol. The Morgan fingerprint density at radius 2 is 1.74 bits per heavy atom. The molecule has 1 aliphatic rings. The second-order valence-electron chi connectivity index (χ2n) is 8.11. The van der Waals surface area contributed by atoms with Crippen LogP contribution in [0.4, 0.5) is 4.79 Å². The van der Waals surface area contributed by atoms with Crippen molar-refractivity contribution in [3.63, 3.8) is 0 Å². The zero-order chi connectivity index (χ0) is 23.3. The molecule has 1 aromatic rings. The third-order valence-corrected chi connectivity index (χ3v) is 4.31. The Morgan fingerprint density at radius 3 is 2.35 bits per heavy atom. The van der Waals surface area contributed by atoms with E-state index >= 15 is 0 Å². The third-order valence-electron chi connectivity index (χ3n) is 4.31. The molecule has 2 rings (SSSR count). The van der Waals surface area contributed by atoms with Gasteiger partial charge in [0.15, 0.2) is 6.10 Å². The van der Waals surface area contributed by atoms with E-state index in [1.165, 1.54) is 32.2 Å². The Kier molecular flexibility index (Phi) is 7.50. The number of methoxy groups -OCH3 is 1. The number of benzene rings is 1. The lowest BCUT2D eigenvalue weighted by molar-refractivity contribution is -0.127. The molecule has 1 unspecified atom stereocenters. The van der Waals surface area contributed by atoms with E-state index in [2.05, 4.69) is 10.6 Å². The molecule has 1 aromatic carbocycles. The van der Waals surface area contributed by atoms with Crippen molar-refractivity contribution in [2.24, 2.45) is 0 Å². The number of imide groups is 2. The van der Waals surface area contributed by atoms with Crippen LogP contribution in [0.3, 0.4) is 0 Å². The van der Waals surface area contributed by atoms with Crippen molar-refractivity contribution in [3.8, 4) is 0 Å². The van der Waals surface area contributed by atoms with Gasteiger partial charge in [0.05, 0.1) is 16.7 Å². The van der Waals surface area contributed by atoms with E-state index < -0.39 is 41.4 Å². The Labute approximate surface area is 180 Å². The van der Waals surface area contributed by atoms with Crippen LogP contribution in [0.5, 0.6) is 0 Å². The lowest BCUT2D eigenvalue weighted by Crippen LogP contribution is -2.50. The van der Waals surface area contributed by atoms with Gasteiger partial charge < -0.3 is 14.8 Å². The summed E-state index contributed by atoms with van der Waals surface area (Å²) in [6, 6.07) is 3.28. The second-order valence-corrected chi connectivity index (χ2v) is 8.11. The monoisotopic (exact) mass is 433 g/mol. The number of carbonyl (C=O) groups excluding carboxylic acids is 5. The number of amides is 5. The third kappa shape index (κ3) is 6.11. The van der Waals surface area contributed by atoms with Crippen LogP contribution in [-0.2, 0) is 14.3 Å². The number of esters is 1. The molecule has 0 saturated carbocycles. The molecule has 0 bridgehead atoms. The zero-order valence-corrected chi connectivity index (χ0v) is 18.2. The van der Waals surface area contributed by atoms with Gasteiger partial charge in [0.25, 0.3) is 17.7 Å². The van der Waals surface area contributed by atoms with Crippen LogP contribution in [0.25, 0.3) is 0 Å². The molecule has 10 heteroatoms. The Morgan fingerprint density at radius 1 is 1.10 bits per heavy atom. The molecule has 0 spiro atoms. The topological polar surface area (TPSA) is 131 Å². The molecule has 0 fully saturated rings. The summed E-state index contributed by atoms with van der Waals surface area (Å²) in [7, 11) is 1.53. The lowest BCUT2D eigenvalue weighted by atomic mass is 10.1. The highest BCUT2D eigenvalue weighted by Gasteiger charge is 2.36. The van der Waals surface area contributed by atoms with Gasteiger partial charge in [0.1, 0.15) is 0 Å². The van der Waals surface area contributed by atoms with Gasteiger partial charge in [-0.1, -0.05) is 0 Å². The minimum Gasteiger partial charge on any atom is -0.449 e. The highest BCUT2D eigenvalue weighted by Crippen LogP contribution is 2.24. The molecule has 1 atom stereocenters. The molecule has 0 aromatic heterocycles. The number of nitrogens with zero attached hydrogens (tertiary/aromatic N) is 1. The van der Waals surface area contributed by atoms with Gasteiger partial charge >= 0.3 is 12.0 Å². The van der Waals surface area contributed by atoms with Crippen LogP contribution >= 0.6 is 0 Å². The van der Waals surface area contributed by atoms with E-state index in [1.54, 1.807) is 20.8 Å². The summed E-state index contributed by atoms with van der Waals surface area (Å²) in [5.41, 5.74) is -0.240. The fourth-order valence-corrected chi connectivity index (χ4v) is 2.86. The lowest BCUT2D eigenvalue weighted by Gasteiger charge is -2.21. The molecule has 0 radical (unpaired) electrons. The van der Waals surface area contributed by atoms with Gasteiger partial charge in [-0.2, -0.15) is 0 Å². The summed E-state index contributed by atoms with van der Waals surface area (Å²) in [6.07, 6.45) is -0.763. The smallest absolute Gasteiger partial charge is 0.338 e. The van der Waals surface area contributed by atoms with Crippen LogP contribution in [0, 0.1) is 0 Å². The highest BCUT2D eigenvalue weighted by atomic mass is 16.5. The van der Waals surface area contributed by atoms with E-state index in [0.717, 1.165) is 4.90 Å². The molecule has 2 N–H and O–H groups in total. The Balaban J connectivity index is 2.03. The van der Waals surface area contributed by atoms with Crippen LogP contribution in [0.15, 0.2) is 18.2 Å². The number of ether oxygens (including phenoxy) is 2. The molecule has 5 amide bonds. The summed E-state index contributed by atoms with van der Waals surface area (Å²) in [6.45, 7) is 7.17. The van der Waals surface area contributed by atoms with Crippen molar-refractivity contribution in [1.29, 1.82) is 0 Å². The first-order valence-corrected chi connectivity index (χ1v) is 9.77. The van der Waals surface area contributed by atoms with Gasteiger partial charge in [-0.3, -0.25) is 24.6 Å². The molecule has 1 aliphatic heterocycles. The van der Waals surface area contributed by atoms with Crippen molar-refractivity contribution >= 4 is 29.7 Å². The van der Waals surface area contributed by atoms with Crippen LogP contribution in [-0.4, -0.2) is 66.5 Å². The van der Waals surface area contributed by atoms with E-state index in [0.29, 0.717) is 13.0 Å². The average molecular weight is 433 g/mol. The quantitative estimate of drug-likeness (QED) is 0.378. The number of urea groups is 1. The SMILES string of the molecule is COCCCN1C(=O)c2ccc(C(=O)OC(C)C(=O)NC(=O)NC(C)(C)C)cc2C1=O. The van der Waals surface area contributed by atoms with Crippen molar-refractivity contribution in [1.82, 2.24) is 15.5 Å². The van der Waals surface area contributed by atoms with Crippen LogP contribution in [0.2, 0.25) is 0 Å². The largest absolute Gasteiger partial charge is 0.449 e. The molecule has 168 valence electrons. The molecular weight excluding hydrogens is 406 g/mol. The molecular formula is C21H27N3O7. The number of rotatable bonds is 7. The number of fused-ring (bicyclic) bond motifs is 1. The summed E-state index contributed by atoms with van der Waals surface area (Å²) < 4.78 is 10.0. The fourth-order valence-electron chi connectivity index (χ4n) is 2.86. The second kappa shape index (κ2) is 9.69. The van der Waals surface area contributed by atoms with Gasteiger partial charge in [-0.15, -0.1) is 0 Å². The Bertz CT molecular complexity index is 905. The Hall–Kier alpha value is -3.27. The summed E-state index contributed by atoms with van der Waals surface area (Å²) in [5, 5.41) is 4.65. The number of carbonyl (C=O) groups is 5. The van der Waals surface area contributed by atoms with Gasteiger partial charge in [0.2, 0.25) is 0 Å². The molecule has 1 heterocycles. The maximum absolute atomic E-state index is 12.5. The van der Waals surface area contributed by atoms with E-state index in [9.17, 15) is 24.0 Å². The average Bonchev–Trinajstić information content (AvgIpc) is 2.90. The van der Waals surface area contributed by atoms with Gasteiger partial charge in [0, 0.05) is 25.8 Å². The molecule has 0 saturated heterocycles. The standard InChI is InChI=1S/C21H27N3O7/c1-12(16(25)22-20(29)23-21(2,3)4)31-19(28)13-7-8-14-15(11-13)18(27)24(17(14)26)9-6-10-30-5/h7-8,11-12H,6,9-10H2,1-5H3,(H2,22,23,25,29). The summed E-state index contributed by atoms with van der Waals surface area (Å²) in [5.74, 6) is -2.60. The predicted octanol–water partition coefficient (Wildman–Crippen LogP) is 1.49. The van der Waals surface area contributed by atoms with Crippen molar-refractivity contribution in [2.75, 3.05) is 20.3 Å². The number of hydrogen-bond donors (Lipinski definition) is 2. The summed E-state index contributed by atoms with van der Waals surface area (Å²) in [4.78, 5) is 62.4. The zero-order valence-electron chi connectivity index (χ0n) is 18.2. The summed E-state index contributed by atoms with van der Waals surface area (Å²) >= 11 is 0. The van der Waals surface area contributed by atoms with E-state index in [1.807, 2.05) is 0 Å². The maximum Gasteiger partial charge on any atom is 0.338 e. The number of hydrogen-bond acceptors (Lipinski definition) is 7. The molecule has 0 aliphatic carbocycles. The first kappa shape index (κ1) is 24.0. The molecule has 31 heavy (non-hydrogen) atoms. The van der Waals surface area contributed by atoms with Crippen molar-refractivity contribution in [2.45, 2.75) is 45.8 Å². The van der Waals surface area contributed by atoms with Gasteiger partial charge in [-0.05, 0) is 52.3 Å². The highest BCUT2D eigenvalue weighted by molar-refractivity contribution is 6.22. The molecule has 10 nitrogen and oxygen atoms in total. The first-order valence-electron chi connectivity index (χ1n) is 9.77. The first-order chi connectivity index (χ1) is 14.4. The van der Waals surface area contributed by atoms with Gasteiger partial charge in [-0.25, -0.2) is 9.59 Å². The minimum absolute atomic E-state index is 0.0115. The number of nitrogens with one attached hydrogen (secondary N) is 2. The van der Waals surface area contributed by atoms with Crippen LogP contribution in [0.1, 0.15) is 65.2 Å². The maximum atomic E-state index is 12.5. The minimum atomic E-state index is -1.26. The van der Waals surface area contributed by atoms with Crippen LogP contribution < -0.4 is 10.6 Å². The van der Waals surface area contributed by atoms with Crippen molar-refractivity contribution < 1.29 is 33.4 Å². The van der Waals surface area contributed by atoms with E-state index in [4.69, 9.17) is 9.47 Å². The normalized spacial score (nSPS) is 14.2. The van der Waals surface area contributed by atoms with E-state index in [-0.39, 0.29) is 23.2 Å². The fraction of sp³-hybridized carbons (Fsp3) is 0.476. The van der Waals surface area contributed by atoms with Crippen molar-refractivity contribution in [3.05, 3.63) is 34.9 Å².